The van der Waals surface area contributed by atoms with Crippen LogP contribution in [0.2, 0.25) is 5.02 Å². The zero-order valence-corrected chi connectivity index (χ0v) is 31.3. The Morgan fingerprint density at radius 3 is 2.70 bits per heavy atom. The van der Waals surface area contributed by atoms with Crippen LogP contribution in [-0.4, -0.2) is 113 Å². The van der Waals surface area contributed by atoms with Crippen molar-refractivity contribution in [3.05, 3.63) is 28.5 Å². The van der Waals surface area contributed by atoms with Gasteiger partial charge in [-0.1, -0.05) is 11.6 Å². The monoisotopic (exact) mass is 754 g/mol. The molecule has 15 heteroatoms. The maximum Gasteiger partial charge on any atom is 0.410 e. The molecule has 0 N–H and O–H groups in total. The lowest BCUT2D eigenvalue weighted by atomic mass is 9.95. The topological polar surface area (TPSA) is 112 Å². The molecule has 0 radical (unpaired) electrons. The van der Waals surface area contributed by atoms with Crippen LogP contribution in [0.1, 0.15) is 77.2 Å². The van der Waals surface area contributed by atoms with E-state index in [1.807, 2.05) is 25.7 Å². The zero-order chi connectivity index (χ0) is 36.8. The predicted octanol–water partition coefficient (Wildman–Crippen LogP) is 6.65. The summed E-state index contributed by atoms with van der Waals surface area (Å²) in [6.45, 7) is 7.52. The van der Waals surface area contributed by atoms with Gasteiger partial charge in [0.1, 0.15) is 53.2 Å². The number of rotatable bonds is 8. The number of amides is 1. The summed E-state index contributed by atoms with van der Waals surface area (Å²) in [5.41, 5.74) is 0.204. The van der Waals surface area contributed by atoms with Gasteiger partial charge in [0.25, 0.3) is 0 Å². The summed E-state index contributed by atoms with van der Waals surface area (Å²) in [7, 11) is 1.52. The number of ether oxygens (including phenoxy) is 5. The lowest BCUT2D eigenvalue weighted by Crippen LogP contribution is -2.63. The van der Waals surface area contributed by atoms with Gasteiger partial charge in [0.15, 0.2) is 12.6 Å². The third-order valence-corrected chi connectivity index (χ3v) is 12.0. The first-order valence-corrected chi connectivity index (χ1v) is 19.1. The van der Waals surface area contributed by atoms with Gasteiger partial charge >= 0.3 is 12.1 Å². The molecule has 3 aromatic rings. The Morgan fingerprint density at radius 2 is 1.92 bits per heavy atom. The van der Waals surface area contributed by atoms with Crippen molar-refractivity contribution < 1.29 is 37.3 Å². The molecule has 6 aliphatic rings. The minimum atomic E-state index is -0.930. The van der Waals surface area contributed by atoms with Crippen LogP contribution in [0.15, 0.2) is 12.1 Å². The van der Waals surface area contributed by atoms with E-state index in [-0.39, 0.29) is 73.2 Å². The highest BCUT2D eigenvalue weighted by Gasteiger charge is 2.53. The summed E-state index contributed by atoms with van der Waals surface area (Å²) in [5.74, 6) is 0.518. The summed E-state index contributed by atoms with van der Waals surface area (Å²) in [6.07, 6.45) is 4.20. The van der Waals surface area contributed by atoms with Gasteiger partial charge in [0.05, 0.1) is 23.7 Å². The predicted molar refractivity (Wildman–Crippen MR) is 192 cm³/mol. The van der Waals surface area contributed by atoms with Crippen molar-refractivity contribution >= 4 is 34.4 Å². The van der Waals surface area contributed by atoms with E-state index in [9.17, 15) is 9.18 Å². The average Bonchev–Trinajstić information content (AvgIpc) is 3.72. The van der Waals surface area contributed by atoms with Crippen LogP contribution in [0, 0.1) is 5.82 Å². The van der Waals surface area contributed by atoms with E-state index in [0.29, 0.717) is 47.1 Å². The number of pyridine rings is 1. The molecule has 4 saturated heterocycles. The third-order valence-electron chi connectivity index (χ3n) is 11.7. The third kappa shape index (κ3) is 6.08. The molecule has 2 bridgehead atoms. The molecule has 284 valence electrons. The second-order valence-electron chi connectivity index (χ2n) is 16.4. The van der Waals surface area contributed by atoms with Gasteiger partial charge in [-0.05, 0) is 89.5 Å². The Morgan fingerprint density at radius 1 is 1.09 bits per heavy atom. The van der Waals surface area contributed by atoms with Crippen molar-refractivity contribution in [1.29, 1.82) is 0 Å². The van der Waals surface area contributed by atoms with Gasteiger partial charge in [-0.2, -0.15) is 9.97 Å². The summed E-state index contributed by atoms with van der Waals surface area (Å²) in [5, 5.41) is 0.789. The number of nitrogens with zero attached hydrogens (tertiary/aromatic N) is 6. The molecule has 53 heavy (non-hydrogen) atoms. The van der Waals surface area contributed by atoms with E-state index in [1.54, 1.807) is 12.1 Å². The number of methoxy groups -OCH3 is 1. The largest absolute Gasteiger partial charge is 0.475 e. The van der Waals surface area contributed by atoms with E-state index < -0.39 is 23.1 Å². The van der Waals surface area contributed by atoms with E-state index in [2.05, 4.69) is 9.80 Å². The number of hydrogen-bond donors (Lipinski definition) is 0. The van der Waals surface area contributed by atoms with Crippen molar-refractivity contribution in [1.82, 2.24) is 24.8 Å². The lowest BCUT2D eigenvalue weighted by molar-refractivity contribution is 0.00537. The molecule has 1 aromatic carbocycles. The smallest absolute Gasteiger partial charge is 0.410 e. The summed E-state index contributed by atoms with van der Waals surface area (Å²) in [4.78, 5) is 34.2. The minimum Gasteiger partial charge on any atom is -0.475 e. The van der Waals surface area contributed by atoms with Crippen molar-refractivity contribution in [2.45, 2.75) is 107 Å². The van der Waals surface area contributed by atoms with Crippen LogP contribution < -0.4 is 19.1 Å². The SMILES string of the molecule is COCOc1cc(Cl)c(C2CC2)c(-c2nc3c4c(nc(OC[C@@]56CCCN5C[C@H](F)C6)nc4c2F)N2C[C@H]4CC[C@@H]([C@@H]2CO3)N4C(=O)OC(C)(C)C)c1. The number of hydrogen-bond acceptors (Lipinski definition) is 11. The van der Waals surface area contributed by atoms with Crippen LogP contribution in [0.25, 0.3) is 22.2 Å². The van der Waals surface area contributed by atoms with Gasteiger partial charge in [-0.3, -0.25) is 9.80 Å². The number of alkyl halides is 1. The fourth-order valence-electron chi connectivity index (χ4n) is 9.34. The Hall–Kier alpha value is -3.75. The quantitative estimate of drug-likeness (QED) is 0.231. The van der Waals surface area contributed by atoms with Crippen LogP contribution in [0.3, 0.4) is 0 Å². The van der Waals surface area contributed by atoms with Crippen LogP contribution in [0.4, 0.5) is 19.4 Å². The van der Waals surface area contributed by atoms with Crippen LogP contribution in [-0.2, 0) is 9.47 Å². The Bertz CT molecular complexity index is 1960. The van der Waals surface area contributed by atoms with Crippen LogP contribution >= 0.6 is 11.6 Å². The number of piperazine rings is 1. The van der Waals surface area contributed by atoms with Gasteiger partial charge in [-0.15, -0.1) is 0 Å². The molecule has 5 atom stereocenters. The molecule has 2 aromatic heterocycles. The number of anilines is 1. The van der Waals surface area contributed by atoms with Crippen molar-refractivity contribution in [3.63, 3.8) is 0 Å². The van der Waals surface area contributed by atoms with Gasteiger partial charge < -0.3 is 28.6 Å². The molecule has 5 aliphatic heterocycles. The fraction of sp³-hybridized carbons (Fsp3) is 0.632. The summed E-state index contributed by atoms with van der Waals surface area (Å²) in [6, 6.07) is 2.73. The zero-order valence-electron chi connectivity index (χ0n) is 30.5. The molecule has 0 spiro atoms. The minimum absolute atomic E-state index is 0.00164. The number of carbonyl (C=O) groups is 1. The number of benzene rings is 1. The maximum atomic E-state index is 17.4. The maximum absolute atomic E-state index is 17.4. The fourth-order valence-corrected chi connectivity index (χ4v) is 9.70. The molecule has 1 amide bonds. The molecule has 9 rings (SSSR count). The van der Waals surface area contributed by atoms with Crippen molar-refractivity contribution in [3.8, 4) is 28.9 Å². The summed E-state index contributed by atoms with van der Waals surface area (Å²) < 4.78 is 61.7. The molecule has 12 nitrogen and oxygen atoms in total. The standard InChI is InChI=1S/C38H45ClF2N6O6/c1-37(2,3)53-36(48)47-22-8-9-26(47)27-17-50-34-29-32(30(41)31(42-34)24-12-23(52-19-49-4)13-25(39)28(24)20-6-7-20)43-35(44-33(29)46(27)16-22)51-18-38-10-5-11-45(38)15-21(40)14-38/h12-13,20-22,26-27H,5-11,14-19H2,1-4H3/t21-,22-,26+,27+,38+/m1/s1. The second kappa shape index (κ2) is 12.9. The van der Waals surface area contributed by atoms with Crippen molar-refractivity contribution in [2.75, 3.05) is 51.7 Å². The van der Waals surface area contributed by atoms with Gasteiger partial charge in [0.2, 0.25) is 5.88 Å². The number of carbonyl (C=O) groups excluding carboxylic acids is 1. The Kier molecular flexibility index (Phi) is 8.54. The molecule has 1 saturated carbocycles. The normalized spacial score (nSPS) is 27.8. The van der Waals surface area contributed by atoms with E-state index in [0.717, 1.165) is 50.6 Å². The summed E-state index contributed by atoms with van der Waals surface area (Å²) >= 11 is 6.86. The highest BCUT2D eigenvalue weighted by Crippen LogP contribution is 2.51. The molecular formula is C38H45ClF2N6O6. The second-order valence-corrected chi connectivity index (χ2v) is 16.8. The number of fused-ring (bicyclic) bond motifs is 6. The van der Waals surface area contributed by atoms with Gasteiger partial charge in [0, 0.05) is 37.2 Å². The molecule has 7 heterocycles. The first kappa shape index (κ1) is 35.0. The Labute approximate surface area is 312 Å². The Balaban J connectivity index is 1.17. The molecule has 1 aliphatic carbocycles. The first-order valence-electron chi connectivity index (χ1n) is 18.7. The number of halogens is 3. The molecule has 0 unspecified atom stereocenters. The van der Waals surface area contributed by atoms with Crippen LogP contribution in [0.5, 0.6) is 17.6 Å². The molecular weight excluding hydrogens is 710 g/mol. The number of aromatic nitrogens is 3. The lowest BCUT2D eigenvalue weighted by Gasteiger charge is -2.46. The van der Waals surface area contributed by atoms with Crippen molar-refractivity contribution in [2.24, 2.45) is 0 Å². The van der Waals surface area contributed by atoms with E-state index in [1.165, 1.54) is 7.11 Å². The molecule has 5 fully saturated rings. The van der Waals surface area contributed by atoms with Gasteiger partial charge in [-0.25, -0.2) is 18.6 Å². The highest BCUT2D eigenvalue weighted by atomic mass is 35.5. The van der Waals surface area contributed by atoms with E-state index in [4.69, 9.17) is 50.2 Å². The highest BCUT2D eigenvalue weighted by molar-refractivity contribution is 6.32. The first-order chi connectivity index (χ1) is 25.4. The van der Waals surface area contributed by atoms with E-state index >= 15 is 4.39 Å². The average molecular weight is 755 g/mol.